The first-order chi connectivity index (χ1) is 63.4. The molecule has 0 aliphatic heterocycles. The van der Waals surface area contributed by atoms with Crippen molar-refractivity contribution in [2.45, 2.75) is 195 Å². The number of carbonyl (C=O) groups excluding carboxylic acids is 12. The van der Waals surface area contributed by atoms with Crippen molar-refractivity contribution in [2.24, 2.45) is 35.1 Å². The number of benzene rings is 9. The summed E-state index contributed by atoms with van der Waals surface area (Å²) in [7, 11) is 0. The lowest BCUT2D eigenvalue weighted by Gasteiger charge is -2.24. The van der Waals surface area contributed by atoms with Gasteiger partial charge in [0, 0.05) is 84.2 Å². The lowest BCUT2D eigenvalue weighted by molar-refractivity contribution is -0.379. The number of urea groups is 2. The van der Waals surface area contributed by atoms with Crippen molar-refractivity contribution in [3.63, 3.8) is 0 Å². The standard InChI is InChI=1S/C49H58N4O9.C42H44N4O9.C13H19NO2.H2O/c1-31(2)40(28-45(56)60-30-41-38-13-8-6-11-36(38)37-12-7-9-14-39(37)41)46(57)53-42(15-10-26-51-47(50)58)43(54)27-33-16-18-34(19-17-33)29-61-48(59)52-35-23-20-32(21-24-35)22-25-44(55)62-49(3,4)5;1-26(2)35(23-39(48)53-25-36-33-10-5-3-8-31(33)32-9-4-6-11-34(32)36)40(49)45-37(12-7-21-44-41(43)50)38(47)22-27-13-15-28(16-14-27)24-54-42(51)55-30-19-17-29(46-52)18-20-30;1-13(2,3)16-12(15)9-6-10-4-7-11(14)8-5-10;/h6-9,11-14,16-21,23-24,31,40-42H,10,15,22,25-30H2,1-5H3,(H,52,59)(H,53,57)(H3,50,51,58);3-6,8-11,13-20,26,35-37H,7,12,21-25H2,1-2H3,(H,45,49)(H3,43,44,50);4-5,7-8H,6,9,14H2,1-3H3;1H2/t40-,42-;35-,37-;;/m00../s1. The predicted octanol–water partition coefficient (Wildman–Crippen LogP) is 15.1. The fourth-order valence-electron chi connectivity index (χ4n) is 15.2. The number of ether oxygens (including phenoxy) is 7. The van der Waals surface area contributed by atoms with E-state index in [-0.39, 0.29) is 143 Å². The number of ketones is 2. The fourth-order valence-corrected chi connectivity index (χ4v) is 15.2. The van der Waals surface area contributed by atoms with Gasteiger partial charge in [0.15, 0.2) is 11.6 Å². The Morgan fingerprint density at radius 3 is 1.13 bits per heavy atom. The van der Waals surface area contributed by atoms with Gasteiger partial charge in [0.2, 0.25) is 11.8 Å². The normalized spacial score (nSPS) is 12.6. The third kappa shape index (κ3) is 34.4. The van der Waals surface area contributed by atoms with Crippen LogP contribution in [0.5, 0.6) is 5.75 Å². The number of rotatable bonds is 41. The Morgan fingerprint density at radius 2 is 0.769 bits per heavy atom. The zero-order valence-corrected chi connectivity index (χ0v) is 77.5. The number of Topliss-reactive ketones (excluding diaryl/α,β-unsaturated/α-hetero) is 2. The zero-order valence-electron chi connectivity index (χ0n) is 77.5. The molecule has 9 aromatic rings. The lowest BCUT2D eigenvalue weighted by atomic mass is 9.90. The van der Waals surface area contributed by atoms with E-state index in [9.17, 15) is 62.4 Å². The van der Waals surface area contributed by atoms with Crippen LogP contribution in [0.2, 0.25) is 0 Å². The van der Waals surface area contributed by atoms with E-state index in [1.807, 2.05) is 178 Å². The number of nitrogens with one attached hydrogen (secondary N) is 6. The summed E-state index contributed by atoms with van der Waals surface area (Å²) in [5.41, 5.74) is 30.2. The molecule has 0 aromatic heterocycles. The average molecular weight is 1840 g/mol. The van der Waals surface area contributed by atoms with Crippen LogP contribution in [0.3, 0.4) is 0 Å². The summed E-state index contributed by atoms with van der Waals surface area (Å²) in [6.45, 7) is 19.1. The van der Waals surface area contributed by atoms with Crippen LogP contribution in [-0.2, 0) is 106 Å². The van der Waals surface area contributed by atoms with Crippen LogP contribution in [0, 0.1) is 28.6 Å². The second-order valence-corrected chi connectivity index (χ2v) is 35.4. The van der Waals surface area contributed by atoms with Gasteiger partial charge in [-0.1, -0.05) is 198 Å². The molecule has 710 valence electrons. The molecule has 0 unspecified atom stereocenters. The van der Waals surface area contributed by atoms with Crippen molar-refractivity contribution >= 4 is 88.6 Å². The first kappa shape index (κ1) is 105. The average Bonchev–Trinajstić information content (AvgIpc) is 1.62. The van der Waals surface area contributed by atoms with Crippen molar-refractivity contribution in [3.8, 4) is 28.0 Å². The van der Waals surface area contributed by atoms with E-state index in [1.165, 1.54) is 24.3 Å². The molecule has 4 atom stereocenters. The fraction of sp³-hybridized carbons (Fsp3) is 0.365. The van der Waals surface area contributed by atoms with Crippen LogP contribution >= 0.6 is 0 Å². The van der Waals surface area contributed by atoms with E-state index in [1.54, 1.807) is 65.8 Å². The maximum Gasteiger partial charge on any atom is 0.514 e. The molecule has 0 fully saturated rings. The molecule has 0 heterocycles. The minimum Gasteiger partial charge on any atom is -0.870 e. The number of hydrogen-bond acceptors (Lipinski definition) is 22. The second-order valence-electron chi connectivity index (χ2n) is 35.4. The maximum atomic E-state index is 13.8. The molecule has 30 heteroatoms. The Bertz CT molecular complexity index is 5390. The quantitative estimate of drug-likeness (QED) is 0.00565. The van der Waals surface area contributed by atoms with E-state index in [2.05, 4.69) is 50.8 Å². The second kappa shape index (κ2) is 51.4. The van der Waals surface area contributed by atoms with Crippen molar-refractivity contribution in [2.75, 3.05) is 37.4 Å². The number of nitrogens with two attached hydrogens (primary N) is 3. The molecule has 0 saturated carbocycles. The monoisotopic (exact) mass is 1830 g/mol. The number of anilines is 2. The van der Waals surface area contributed by atoms with E-state index < -0.39 is 83.2 Å². The van der Waals surface area contributed by atoms with Crippen LogP contribution in [0.25, 0.3) is 22.3 Å². The summed E-state index contributed by atoms with van der Waals surface area (Å²) < 4.78 is 37.9. The molecule has 0 spiro atoms. The van der Waals surface area contributed by atoms with E-state index in [4.69, 9.17) is 50.4 Å². The molecular weight excluding hydrogens is 1710 g/mol. The van der Waals surface area contributed by atoms with Crippen LogP contribution in [0.1, 0.15) is 188 Å². The van der Waals surface area contributed by atoms with E-state index in [0.717, 1.165) is 61.3 Å². The topological polar surface area (TPSA) is 469 Å². The number of esters is 4. The summed E-state index contributed by atoms with van der Waals surface area (Å²) in [6.07, 6.45) is 1.15. The van der Waals surface area contributed by atoms with Gasteiger partial charge in [-0.15, -0.1) is 0 Å². The Balaban J connectivity index is 0.000000282. The number of aryl methyl sites for hydroxylation is 2. The van der Waals surface area contributed by atoms with Crippen molar-refractivity contribution in [3.05, 3.63) is 279 Å². The molecule has 2 aliphatic rings. The number of amides is 7. The highest BCUT2D eigenvalue weighted by atomic mass is 16.7. The Hall–Kier alpha value is -14.4. The Kier molecular flexibility index (Phi) is 40.3. The molecule has 0 radical (unpaired) electrons. The highest BCUT2D eigenvalue weighted by molar-refractivity contribution is 5.94. The lowest BCUT2D eigenvalue weighted by Crippen LogP contribution is -2.55. The summed E-state index contributed by atoms with van der Waals surface area (Å²) >= 11 is 0. The Labute approximate surface area is 781 Å². The number of nitroso groups, excluding NO2 is 1. The minimum absolute atomic E-state index is 0. The third-order valence-electron chi connectivity index (χ3n) is 22.1. The molecule has 0 bridgehead atoms. The molecule has 134 heavy (non-hydrogen) atoms. The maximum absolute atomic E-state index is 13.8. The van der Waals surface area contributed by atoms with Crippen molar-refractivity contribution < 1.29 is 101 Å². The van der Waals surface area contributed by atoms with E-state index >= 15 is 0 Å². The van der Waals surface area contributed by atoms with Crippen LogP contribution in [0.4, 0.5) is 36.2 Å². The highest BCUT2D eigenvalue weighted by Crippen LogP contribution is 2.46. The molecule has 9 aromatic carbocycles. The minimum atomic E-state index is -0.926. The molecule has 13 N–H and O–H groups in total. The number of nitrogen functional groups attached to an aromatic ring is 1. The molecule has 11 rings (SSSR count). The van der Waals surface area contributed by atoms with Gasteiger partial charge < -0.3 is 77.1 Å². The molecule has 7 amide bonds. The van der Waals surface area contributed by atoms with Gasteiger partial charge in [-0.25, -0.2) is 19.2 Å². The molecule has 0 saturated heterocycles. The number of primary amides is 2. The first-order valence-electron chi connectivity index (χ1n) is 44.6. The number of hydrogen-bond donors (Lipinski definition) is 9. The summed E-state index contributed by atoms with van der Waals surface area (Å²) in [6, 6.07) is 63.4. The summed E-state index contributed by atoms with van der Waals surface area (Å²) in [5, 5.41) is 15.2. The van der Waals surface area contributed by atoms with Crippen molar-refractivity contribution in [1.29, 1.82) is 0 Å². The van der Waals surface area contributed by atoms with E-state index in [0.29, 0.717) is 65.7 Å². The van der Waals surface area contributed by atoms with Crippen LogP contribution < -0.4 is 53.7 Å². The summed E-state index contributed by atoms with van der Waals surface area (Å²) in [5.74, 6) is -4.83. The SMILES string of the molecule is CC(C)(C)OC(=O)CCc1ccc(N)cc1.CC(C)[C@H](CC(=O)OCC1c2ccccc2-c2ccccc21)C(=O)N[C@@H](CCCNC(N)=O)C(=O)Cc1ccc(COC(=O)Nc2ccc(CCC(=O)OC(C)(C)C)cc2)cc1.CC(C)[C@H](CC(=O)OCC1c2ccccc2-c2ccccc21)C(=O)N[C@@H](CCCNC(N)=O)C(=O)Cc1ccc(COC(=O)Oc2ccc([NH+]=O)cc2)cc1.[OH-]. The molecule has 30 nitrogen and oxygen atoms in total. The third-order valence-corrected chi connectivity index (χ3v) is 22.1. The van der Waals surface area contributed by atoms with Crippen molar-refractivity contribution in [1.82, 2.24) is 21.3 Å². The summed E-state index contributed by atoms with van der Waals surface area (Å²) in [4.78, 5) is 163. The van der Waals surface area contributed by atoms with Crippen LogP contribution in [0.15, 0.2) is 218 Å². The van der Waals surface area contributed by atoms with Gasteiger partial charge in [0.1, 0.15) is 43.4 Å². The van der Waals surface area contributed by atoms with Gasteiger partial charge >= 0.3 is 48.2 Å². The van der Waals surface area contributed by atoms with Gasteiger partial charge in [-0.05, 0) is 206 Å². The largest absolute Gasteiger partial charge is 0.870 e. The smallest absolute Gasteiger partial charge is 0.514 e. The van der Waals surface area contributed by atoms with Crippen LogP contribution in [-0.4, -0.2) is 127 Å². The highest BCUT2D eigenvalue weighted by Gasteiger charge is 2.36. The molecular formula is C104H123N9O21. The predicted molar refractivity (Wildman–Crippen MR) is 506 cm³/mol. The first-order valence-corrected chi connectivity index (χ1v) is 44.6. The molecule has 2 aliphatic carbocycles. The van der Waals surface area contributed by atoms with Gasteiger partial charge in [-0.2, -0.15) is 0 Å². The van der Waals surface area contributed by atoms with Gasteiger partial charge in [0.05, 0.1) is 36.8 Å². The number of fused-ring (bicyclic) bond motifs is 6. The zero-order chi connectivity index (χ0) is 96.3. The van der Waals surface area contributed by atoms with Gasteiger partial charge in [-0.3, -0.25) is 43.7 Å². The Morgan fingerprint density at radius 1 is 0.418 bits per heavy atom. The number of carbonyl (C=O) groups is 12. The van der Waals surface area contributed by atoms with Gasteiger partial charge in [0.25, 0.3) is 5.69 Å².